The number of thioether (sulfide) groups is 1. The molecule has 5 nitrogen and oxygen atoms in total. The largest absolute Gasteiger partial charge is 0.342 e. The van der Waals surface area contributed by atoms with E-state index in [1.807, 2.05) is 10.3 Å². The normalized spacial score (nSPS) is 17.0. The van der Waals surface area contributed by atoms with Crippen LogP contribution in [0.3, 0.4) is 0 Å². The quantitative estimate of drug-likeness (QED) is 0.789. The Bertz CT molecular complexity index is 795. The van der Waals surface area contributed by atoms with Crippen molar-refractivity contribution >= 4 is 40.0 Å². The average molecular weight is 408 g/mol. The van der Waals surface area contributed by atoms with E-state index in [1.54, 1.807) is 12.1 Å². The van der Waals surface area contributed by atoms with Gasteiger partial charge in [0.05, 0.1) is 17.2 Å². The standard InChI is InChI=1S/C19H22FN3O2S2/c1-13-3-2-8-23(9-13)18(25)12-26-11-17(24)22-19-21-16(10-27-19)14-4-6-15(20)7-5-14/h4-7,10,13H,2-3,8-9,11-12H2,1H3,(H,21,22,24)/t13-/m1/s1. The van der Waals surface area contributed by atoms with E-state index in [0.717, 1.165) is 25.1 Å². The molecule has 27 heavy (non-hydrogen) atoms. The summed E-state index contributed by atoms with van der Waals surface area (Å²) in [5.74, 6) is 0.704. The Balaban J connectivity index is 1.43. The van der Waals surface area contributed by atoms with Crippen molar-refractivity contribution in [2.45, 2.75) is 19.8 Å². The van der Waals surface area contributed by atoms with Crippen LogP contribution in [0.4, 0.5) is 9.52 Å². The Morgan fingerprint density at radius 3 is 2.85 bits per heavy atom. The van der Waals surface area contributed by atoms with Crippen LogP contribution in [0.5, 0.6) is 0 Å². The maximum absolute atomic E-state index is 13.0. The number of rotatable bonds is 6. The number of piperidine rings is 1. The molecule has 1 aromatic carbocycles. The lowest BCUT2D eigenvalue weighted by atomic mass is 10.0. The van der Waals surface area contributed by atoms with E-state index >= 15 is 0 Å². The first-order chi connectivity index (χ1) is 13.0. The molecule has 1 saturated heterocycles. The smallest absolute Gasteiger partial charge is 0.236 e. The van der Waals surface area contributed by atoms with Crippen LogP contribution in [-0.4, -0.2) is 46.3 Å². The van der Waals surface area contributed by atoms with E-state index in [-0.39, 0.29) is 23.4 Å². The highest BCUT2D eigenvalue weighted by Crippen LogP contribution is 2.25. The number of carbonyl (C=O) groups is 2. The van der Waals surface area contributed by atoms with Gasteiger partial charge in [-0.15, -0.1) is 23.1 Å². The van der Waals surface area contributed by atoms with E-state index in [2.05, 4.69) is 17.2 Å². The summed E-state index contributed by atoms with van der Waals surface area (Å²) in [6.07, 6.45) is 2.23. The number of benzene rings is 1. The monoisotopic (exact) mass is 407 g/mol. The van der Waals surface area contributed by atoms with Gasteiger partial charge in [0.15, 0.2) is 5.13 Å². The van der Waals surface area contributed by atoms with Gasteiger partial charge in [-0.1, -0.05) is 6.92 Å². The number of halogens is 1. The van der Waals surface area contributed by atoms with Gasteiger partial charge in [0, 0.05) is 24.0 Å². The molecule has 1 aromatic heterocycles. The van der Waals surface area contributed by atoms with Crippen LogP contribution in [-0.2, 0) is 9.59 Å². The second-order valence-corrected chi connectivity index (χ2v) is 8.52. The molecule has 0 radical (unpaired) electrons. The van der Waals surface area contributed by atoms with Crippen molar-refractivity contribution in [2.24, 2.45) is 5.92 Å². The lowest BCUT2D eigenvalue weighted by molar-refractivity contribution is -0.130. The molecule has 8 heteroatoms. The predicted octanol–water partition coefficient (Wildman–Crippen LogP) is 3.88. The summed E-state index contributed by atoms with van der Waals surface area (Å²) in [7, 11) is 0. The molecule has 1 atom stereocenters. The molecule has 0 spiro atoms. The zero-order valence-electron chi connectivity index (χ0n) is 15.1. The van der Waals surface area contributed by atoms with Crippen molar-refractivity contribution in [1.29, 1.82) is 0 Å². The van der Waals surface area contributed by atoms with Crippen LogP contribution in [0.25, 0.3) is 11.3 Å². The number of hydrogen-bond acceptors (Lipinski definition) is 5. The number of thiazole rings is 1. The van der Waals surface area contributed by atoms with Crippen LogP contribution < -0.4 is 5.32 Å². The molecule has 1 aliphatic rings. The number of anilines is 1. The SMILES string of the molecule is C[C@@H]1CCCN(C(=O)CSCC(=O)Nc2nc(-c3ccc(F)cc3)cs2)C1. The summed E-state index contributed by atoms with van der Waals surface area (Å²) in [6, 6.07) is 6.06. The zero-order chi connectivity index (χ0) is 19.2. The number of nitrogens with one attached hydrogen (secondary N) is 1. The van der Waals surface area contributed by atoms with E-state index in [4.69, 9.17) is 0 Å². The molecular weight excluding hydrogens is 385 g/mol. The lowest BCUT2D eigenvalue weighted by Gasteiger charge is -2.30. The third kappa shape index (κ3) is 5.77. The molecular formula is C19H22FN3O2S2. The fourth-order valence-corrected chi connectivity index (χ4v) is 4.43. The first kappa shape index (κ1) is 19.8. The Kier molecular flexibility index (Phi) is 6.84. The third-order valence-corrected chi connectivity index (χ3v) is 6.03. The van der Waals surface area contributed by atoms with Crippen molar-refractivity contribution in [1.82, 2.24) is 9.88 Å². The van der Waals surface area contributed by atoms with Crippen LogP contribution in [0.1, 0.15) is 19.8 Å². The molecule has 2 heterocycles. The molecule has 0 unspecified atom stereocenters. The Morgan fingerprint density at radius 2 is 2.11 bits per heavy atom. The molecule has 1 fully saturated rings. The highest BCUT2D eigenvalue weighted by Gasteiger charge is 2.20. The highest BCUT2D eigenvalue weighted by molar-refractivity contribution is 8.00. The second-order valence-electron chi connectivity index (χ2n) is 6.67. The van der Waals surface area contributed by atoms with Crippen LogP contribution in [0, 0.1) is 11.7 Å². The molecule has 1 aliphatic heterocycles. The summed E-state index contributed by atoms with van der Waals surface area (Å²) in [5, 5.41) is 5.07. The number of likely N-dealkylation sites (tertiary alicyclic amines) is 1. The van der Waals surface area contributed by atoms with Crippen LogP contribution in [0.15, 0.2) is 29.6 Å². The lowest BCUT2D eigenvalue weighted by Crippen LogP contribution is -2.40. The van der Waals surface area contributed by atoms with Crippen molar-refractivity contribution < 1.29 is 14.0 Å². The Hall–Kier alpha value is -1.93. The summed E-state index contributed by atoms with van der Waals surface area (Å²) in [5.41, 5.74) is 1.49. The first-order valence-electron chi connectivity index (χ1n) is 8.88. The summed E-state index contributed by atoms with van der Waals surface area (Å²) in [6.45, 7) is 3.80. The Labute approximate surface area is 166 Å². The van der Waals surface area contributed by atoms with Crippen LogP contribution >= 0.6 is 23.1 Å². The van der Waals surface area contributed by atoms with E-state index in [9.17, 15) is 14.0 Å². The molecule has 2 amide bonds. The fraction of sp³-hybridized carbons (Fsp3) is 0.421. The molecule has 3 rings (SSSR count). The number of amides is 2. The minimum absolute atomic E-state index is 0.104. The van der Waals surface area contributed by atoms with Gasteiger partial charge in [-0.05, 0) is 43.0 Å². The molecule has 0 bridgehead atoms. The van der Waals surface area contributed by atoms with Gasteiger partial charge in [-0.25, -0.2) is 9.37 Å². The third-order valence-electron chi connectivity index (χ3n) is 4.36. The summed E-state index contributed by atoms with van der Waals surface area (Å²) in [4.78, 5) is 30.5. The van der Waals surface area contributed by atoms with Gasteiger partial charge in [-0.3, -0.25) is 9.59 Å². The van der Waals surface area contributed by atoms with Crippen molar-refractivity contribution in [2.75, 3.05) is 29.9 Å². The molecule has 0 saturated carbocycles. The second kappa shape index (κ2) is 9.32. The topological polar surface area (TPSA) is 62.3 Å². The number of nitrogens with zero attached hydrogens (tertiary/aromatic N) is 2. The van der Waals surface area contributed by atoms with Gasteiger partial charge in [0.1, 0.15) is 5.82 Å². The van der Waals surface area contributed by atoms with Gasteiger partial charge in [0.25, 0.3) is 0 Å². The minimum Gasteiger partial charge on any atom is -0.342 e. The number of carbonyl (C=O) groups excluding carboxylic acids is 2. The summed E-state index contributed by atoms with van der Waals surface area (Å²) >= 11 is 2.64. The van der Waals surface area contributed by atoms with E-state index in [0.29, 0.717) is 22.5 Å². The van der Waals surface area contributed by atoms with Gasteiger partial charge in [-0.2, -0.15) is 0 Å². The first-order valence-corrected chi connectivity index (χ1v) is 10.9. The molecule has 2 aromatic rings. The van der Waals surface area contributed by atoms with E-state index < -0.39 is 0 Å². The summed E-state index contributed by atoms with van der Waals surface area (Å²) < 4.78 is 13.0. The van der Waals surface area contributed by atoms with Gasteiger partial charge in [0.2, 0.25) is 11.8 Å². The average Bonchev–Trinajstić information content (AvgIpc) is 3.10. The number of hydrogen-bond donors (Lipinski definition) is 1. The van der Waals surface area contributed by atoms with Crippen molar-refractivity contribution in [3.63, 3.8) is 0 Å². The maximum atomic E-state index is 13.0. The predicted molar refractivity (Wildman–Crippen MR) is 108 cm³/mol. The molecule has 1 N–H and O–H groups in total. The minimum atomic E-state index is -0.298. The number of aromatic nitrogens is 1. The maximum Gasteiger partial charge on any atom is 0.236 e. The highest BCUT2D eigenvalue weighted by atomic mass is 32.2. The van der Waals surface area contributed by atoms with E-state index in [1.165, 1.54) is 41.7 Å². The Morgan fingerprint density at radius 1 is 1.33 bits per heavy atom. The fourth-order valence-electron chi connectivity index (χ4n) is 2.98. The van der Waals surface area contributed by atoms with Gasteiger partial charge < -0.3 is 10.2 Å². The molecule has 144 valence electrons. The van der Waals surface area contributed by atoms with Gasteiger partial charge >= 0.3 is 0 Å². The van der Waals surface area contributed by atoms with Crippen LogP contribution in [0.2, 0.25) is 0 Å². The zero-order valence-corrected chi connectivity index (χ0v) is 16.7. The molecule has 0 aliphatic carbocycles. The van der Waals surface area contributed by atoms with Crippen molar-refractivity contribution in [3.05, 3.63) is 35.5 Å². The van der Waals surface area contributed by atoms with Crippen molar-refractivity contribution in [3.8, 4) is 11.3 Å².